The Hall–Kier alpha value is -2.17. The maximum atomic E-state index is 12.1. The maximum Gasteiger partial charge on any atom is 0.230 e. The van der Waals surface area contributed by atoms with Gasteiger partial charge in [-0.05, 0) is 41.6 Å². The summed E-state index contributed by atoms with van der Waals surface area (Å²) in [4.78, 5) is 13.2. The van der Waals surface area contributed by atoms with Gasteiger partial charge in [0.2, 0.25) is 5.91 Å². The number of hydrogen-bond donors (Lipinski definition) is 1. The molecular weight excluding hydrogens is 366 g/mol. The van der Waals surface area contributed by atoms with Crippen molar-refractivity contribution in [2.75, 3.05) is 19.4 Å². The van der Waals surface area contributed by atoms with Gasteiger partial charge in [-0.15, -0.1) is 11.8 Å². The van der Waals surface area contributed by atoms with Gasteiger partial charge in [0.05, 0.1) is 12.9 Å². The Bertz CT molecular complexity index is 891. The number of hydrogen-bond acceptors (Lipinski definition) is 3. The van der Waals surface area contributed by atoms with Crippen molar-refractivity contribution >= 4 is 40.0 Å². The number of rotatable bonds is 7. The molecule has 3 aromatic carbocycles. The molecule has 0 bridgehead atoms. The van der Waals surface area contributed by atoms with E-state index in [1.54, 1.807) is 7.11 Å². The van der Waals surface area contributed by atoms with Gasteiger partial charge in [-0.2, -0.15) is 0 Å². The SMILES string of the molecule is COc1ccc(CCNC(=O)CSc2cccc3cccc(Cl)c23)cc1. The van der Waals surface area contributed by atoms with E-state index in [2.05, 4.69) is 5.32 Å². The lowest BCUT2D eigenvalue weighted by Crippen LogP contribution is -2.27. The largest absolute Gasteiger partial charge is 0.497 e. The molecule has 26 heavy (non-hydrogen) atoms. The number of amides is 1. The Morgan fingerprint density at radius 2 is 1.81 bits per heavy atom. The summed E-state index contributed by atoms with van der Waals surface area (Å²) in [6.07, 6.45) is 0.792. The zero-order chi connectivity index (χ0) is 18.4. The van der Waals surface area contributed by atoms with Crippen LogP contribution in [0, 0.1) is 0 Å². The second kappa shape index (κ2) is 8.97. The fraction of sp³-hybridized carbons (Fsp3) is 0.190. The molecule has 134 valence electrons. The van der Waals surface area contributed by atoms with E-state index in [1.165, 1.54) is 17.3 Å². The van der Waals surface area contributed by atoms with Crippen LogP contribution in [-0.2, 0) is 11.2 Å². The molecule has 0 saturated carbocycles. The average molecular weight is 386 g/mol. The van der Waals surface area contributed by atoms with Gasteiger partial charge in [0.15, 0.2) is 0 Å². The molecule has 0 aliphatic heterocycles. The van der Waals surface area contributed by atoms with Crippen molar-refractivity contribution in [3.63, 3.8) is 0 Å². The Morgan fingerprint density at radius 3 is 2.54 bits per heavy atom. The third kappa shape index (κ3) is 4.71. The molecule has 0 radical (unpaired) electrons. The van der Waals surface area contributed by atoms with E-state index in [0.717, 1.165) is 27.8 Å². The topological polar surface area (TPSA) is 38.3 Å². The van der Waals surface area contributed by atoms with Crippen molar-refractivity contribution in [1.29, 1.82) is 0 Å². The lowest BCUT2D eigenvalue weighted by atomic mass is 10.1. The van der Waals surface area contributed by atoms with Crippen LogP contribution in [0.1, 0.15) is 5.56 Å². The molecule has 1 amide bonds. The average Bonchev–Trinajstić information content (AvgIpc) is 2.67. The molecule has 0 unspecified atom stereocenters. The number of benzene rings is 3. The van der Waals surface area contributed by atoms with E-state index in [1.807, 2.05) is 60.7 Å². The van der Waals surface area contributed by atoms with Crippen molar-refractivity contribution in [2.24, 2.45) is 0 Å². The van der Waals surface area contributed by atoms with Crippen LogP contribution in [0.3, 0.4) is 0 Å². The van der Waals surface area contributed by atoms with E-state index < -0.39 is 0 Å². The normalized spacial score (nSPS) is 10.7. The maximum absolute atomic E-state index is 12.1. The molecule has 3 nitrogen and oxygen atoms in total. The molecule has 0 heterocycles. The van der Waals surface area contributed by atoms with Crippen molar-refractivity contribution in [3.05, 3.63) is 71.2 Å². The fourth-order valence-electron chi connectivity index (χ4n) is 2.72. The lowest BCUT2D eigenvalue weighted by Gasteiger charge is -2.09. The highest BCUT2D eigenvalue weighted by molar-refractivity contribution is 8.00. The molecule has 0 spiro atoms. The molecule has 3 aromatic rings. The van der Waals surface area contributed by atoms with Crippen LogP contribution in [0.5, 0.6) is 5.75 Å². The summed E-state index contributed by atoms with van der Waals surface area (Å²) in [6, 6.07) is 19.7. The van der Waals surface area contributed by atoms with Gasteiger partial charge in [-0.3, -0.25) is 4.79 Å². The minimum atomic E-state index is 0.0209. The summed E-state index contributed by atoms with van der Waals surface area (Å²) in [5.41, 5.74) is 1.17. The van der Waals surface area contributed by atoms with Crippen LogP contribution in [0.25, 0.3) is 10.8 Å². The van der Waals surface area contributed by atoms with Gasteiger partial charge in [-0.25, -0.2) is 0 Å². The van der Waals surface area contributed by atoms with Crippen LogP contribution in [0.2, 0.25) is 5.02 Å². The first-order chi connectivity index (χ1) is 12.7. The molecule has 0 fully saturated rings. The van der Waals surface area contributed by atoms with Gasteiger partial charge >= 0.3 is 0 Å². The van der Waals surface area contributed by atoms with Crippen LogP contribution >= 0.6 is 23.4 Å². The number of carbonyl (C=O) groups is 1. The van der Waals surface area contributed by atoms with E-state index in [4.69, 9.17) is 16.3 Å². The Morgan fingerprint density at radius 1 is 1.08 bits per heavy atom. The van der Waals surface area contributed by atoms with E-state index in [0.29, 0.717) is 17.3 Å². The highest BCUT2D eigenvalue weighted by Crippen LogP contribution is 2.33. The van der Waals surface area contributed by atoms with Gasteiger partial charge in [0.25, 0.3) is 0 Å². The van der Waals surface area contributed by atoms with Crippen molar-refractivity contribution in [1.82, 2.24) is 5.32 Å². The predicted octanol–water partition coefficient (Wildman–Crippen LogP) is 4.95. The van der Waals surface area contributed by atoms with Gasteiger partial charge in [0, 0.05) is 21.8 Å². The zero-order valence-electron chi connectivity index (χ0n) is 14.5. The van der Waals surface area contributed by atoms with Crippen molar-refractivity contribution < 1.29 is 9.53 Å². The molecule has 0 atom stereocenters. The molecule has 5 heteroatoms. The molecule has 0 aliphatic rings. The van der Waals surface area contributed by atoms with Crippen molar-refractivity contribution in [3.8, 4) is 5.75 Å². The minimum absolute atomic E-state index is 0.0209. The van der Waals surface area contributed by atoms with Crippen molar-refractivity contribution in [2.45, 2.75) is 11.3 Å². The second-order valence-electron chi connectivity index (χ2n) is 5.83. The summed E-state index contributed by atoms with van der Waals surface area (Å²) in [6.45, 7) is 0.613. The first-order valence-corrected chi connectivity index (χ1v) is 9.73. The Kier molecular flexibility index (Phi) is 6.42. The predicted molar refractivity (Wildman–Crippen MR) is 109 cm³/mol. The number of nitrogens with one attached hydrogen (secondary N) is 1. The number of methoxy groups -OCH3 is 1. The smallest absolute Gasteiger partial charge is 0.230 e. The summed E-state index contributed by atoms with van der Waals surface area (Å²) in [5.74, 6) is 1.22. The second-order valence-corrected chi connectivity index (χ2v) is 7.26. The number of fused-ring (bicyclic) bond motifs is 1. The molecule has 0 aromatic heterocycles. The van der Waals surface area contributed by atoms with Gasteiger partial charge in [0.1, 0.15) is 5.75 Å². The fourth-order valence-corrected chi connectivity index (χ4v) is 3.99. The zero-order valence-corrected chi connectivity index (χ0v) is 16.1. The van der Waals surface area contributed by atoms with Crippen LogP contribution in [-0.4, -0.2) is 25.3 Å². The van der Waals surface area contributed by atoms with E-state index in [-0.39, 0.29) is 5.91 Å². The summed E-state index contributed by atoms with van der Waals surface area (Å²) in [7, 11) is 1.65. The highest BCUT2D eigenvalue weighted by atomic mass is 35.5. The summed E-state index contributed by atoms with van der Waals surface area (Å²) in [5, 5.41) is 5.77. The minimum Gasteiger partial charge on any atom is -0.497 e. The molecular formula is C21H20ClNO2S. The Balaban J connectivity index is 1.51. The molecule has 3 rings (SSSR count). The number of carbonyl (C=O) groups excluding carboxylic acids is 1. The molecule has 0 aliphatic carbocycles. The van der Waals surface area contributed by atoms with Crippen LogP contribution < -0.4 is 10.1 Å². The van der Waals surface area contributed by atoms with E-state index in [9.17, 15) is 4.79 Å². The van der Waals surface area contributed by atoms with E-state index >= 15 is 0 Å². The van der Waals surface area contributed by atoms with Gasteiger partial charge < -0.3 is 10.1 Å². The standard InChI is InChI=1S/C21H20ClNO2S/c1-25-17-10-8-15(9-11-17)12-13-23-20(24)14-26-19-7-3-5-16-4-2-6-18(22)21(16)19/h2-11H,12-14H2,1H3,(H,23,24). The first-order valence-electron chi connectivity index (χ1n) is 8.37. The monoisotopic (exact) mass is 385 g/mol. The third-order valence-electron chi connectivity index (χ3n) is 4.07. The number of thioether (sulfide) groups is 1. The molecule has 1 N–H and O–H groups in total. The summed E-state index contributed by atoms with van der Waals surface area (Å²) < 4.78 is 5.14. The number of halogens is 1. The number of ether oxygens (including phenoxy) is 1. The van der Waals surface area contributed by atoms with Crippen LogP contribution in [0.4, 0.5) is 0 Å². The van der Waals surface area contributed by atoms with Crippen LogP contribution in [0.15, 0.2) is 65.6 Å². The quantitative estimate of drug-likeness (QED) is 0.584. The lowest BCUT2D eigenvalue weighted by molar-refractivity contribution is -0.118. The molecule has 0 saturated heterocycles. The first kappa shape index (κ1) is 18.6. The van der Waals surface area contributed by atoms with Gasteiger partial charge in [-0.1, -0.05) is 48.0 Å². The highest BCUT2D eigenvalue weighted by Gasteiger charge is 2.08. The third-order valence-corrected chi connectivity index (χ3v) is 5.44. The Labute approximate surface area is 162 Å². The summed E-state index contributed by atoms with van der Waals surface area (Å²) >= 11 is 7.84.